The Balaban J connectivity index is 1.75. The van der Waals surface area contributed by atoms with Crippen molar-refractivity contribution in [2.75, 3.05) is 13.2 Å². The highest BCUT2D eigenvalue weighted by Crippen LogP contribution is 2.35. The van der Waals surface area contributed by atoms with Gasteiger partial charge in [0.05, 0.1) is 10.6 Å². The average molecular weight is 373 g/mol. The second-order valence-corrected chi connectivity index (χ2v) is 6.12. The number of pyridine rings is 1. The number of fused-ring (bicyclic) bond motifs is 1. The normalized spacial score (nSPS) is 12.8. The lowest BCUT2D eigenvalue weighted by Crippen LogP contribution is -2.18. The Morgan fingerprint density at radius 2 is 2.04 bits per heavy atom. The SMILES string of the molecule is O=c1[nH]nc(Sc2ncccc2[N+](=O)[O-])n1-c1ccc2c(c1)OCCO2. The first-order chi connectivity index (χ1) is 12.6. The minimum atomic E-state index is -0.533. The van der Waals surface area contributed by atoms with Crippen LogP contribution in [-0.2, 0) is 0 Å². The van der Waals surface area contributed by atoms with Gasteiger partial charge in [0.1, 0.15) is 13.2 Å². The molecule has 2 aromatic heterocycles. The number of aromatic nitrogens is 4. The zero-order chi connectivity index (χ0) is 18.1. The average Bonchev–Trinajstić information content (AvgIpc) is 3.02. The maximum Gasteiger partial charge on any atom is 0.348 e. The molecule has 0 aliphatic carbocycles. The zero-order valence-corrected chi connectivity index (χ0v) is 13.9. The van der Waals surface area contributed by atoms with Crippen molar-refractivity contribution in [3.05, 3.63) is 57.1 Å². The molecule has 0 fully saturated rings. The van der Waals surface area contributed by atoms with Crippen molar-refractivity contribution in [3.8, 4) is 17.2 Å². The van der Waals surface area contributed by atoms with Crippen molar-refractivity contribution in [3.63, 3.8) is 0 Å². The van der Waals surface area contributed by atoms with Gasteiger partial charge in [0, 0.05) is 18.3 Å². The van der Waals surface area contributed by atoms with E-state index in [1.54, 1.807) is 18.2 Å². The maximum absolute atomic E-state index is 12.2. The fraction of sp³-hybridized carbons (Fsp3) is 0.133. The van der Waals surface area contributed by atoms with Gasteiger partial charge in [-0.1, -0.05) is 0 Å². The molecule has 10 nitrogen and oxygen atoms in total. The summed E-state index contributed by atoms with van der Waals surface area (Å²) in [5, 5.41) is 17.8. The van der Waals surface area contributed by atoms with Gasteiger partial charge in [0.15, 0.2) is 16.5 Å². The van der Waals surface area contributed by atoms with Gasteiger partial charge in [-0.2, -0.15) is 0 Å². The molecule has 1 aliphatic rings. The number of nitrogens with zero attached hydrogens (tertiary/aromatic N) is 4. The summed E-state index contributed by atoms with van der Waals surface area (Å²) in [4.78, 5) is 26.9. The molecule has 26 heavy (non-hydrogen) atoms. The Bertz CT molecular complexity index is 1050. The molecule has 0 saturated carbocycles. The molecule has 1 aliphatic heterocycles. The van der Waals surface area contributed by atoms with Gasteiger partial charge in [0.2, 0.25) is 5.16 Å². The number of hydrogen-bond donors (Lipinski definition) is 1. The number of rotatable bonds is 4. The molecule has 0 amide bonds. The van der Waals surface area contributed by atoms with Crippen molar-refractivity contribution in [1.29, 1.82) is 0 Å². The Labute approximate surface area is 149 Å². The monoisotopic (exact) mass is 373 g/mol. The molecule has 0 bridgehead atoms. The van der Waals surface area contributed by atoms with Crippen molar-refractivity contribution in [2.24, 2.45) is 0 Å². The predicted octanol–water partition coefficient (Wildman–Crippen LogP) is 1.79. The molecule has 3 heterocycles. The lowest BCUT2D eigenvalue weighted by Gasteiger charge is -2.19. The van der Waals surface area contributed by atoms with Gasteiger partial charge >= 0.3 is 11.4 Å². The number of benzene rings is 1. The second kappa shape index (κ2) is 6.52. The van der Waals surface area contributed by atoms with Gasteiger partial charge in [-0.05, 0) is 30.0 Å². The van der Waals surface area contributed by atoms with E-state index in [4.69, 9.17) is 9.47 Å². The molecule has 0 saturated heterocycles. The van der Waals surface area contributed by atoms with E-state index in [9.17, 15) is 14.9 Å². The first-order valence-electron chi connectivity index (χ1n) is 7.48. The number of H-pyrrole nitrogens is 1. The van der Waals surface area contributed by atoms with E-state index < -0.39 is 10.6 Å². The highest BCUT2D eigenvalue weighted by Gasteiger charge is 2.21. The van der Waals surface area contributed by atoms with Crippen LogP contribution in [0.25, 0.3) is 5.69 Å². The summed E-state index contributed by atoms with van der Waals surface area (Å²) in [6.45, 7) is 0.876. The standard InChI is InChI=1S/C15H11N5O5S/c21-14-17-18-15(26-13-10(20(22)23)2-1-5-16-13)19(14)9-3-4-11-12(8-9)25-7-6-24-11/h1-5,8H,6-7H2,(H,17,21). The quantitative estimate of drug-likeness (QED) is 0.542. The van der Waals surface area contributed by atoms with Gasteiger partial charge in [0.25, 0.3) is 0 Å². The third-order valence-corrected chi connectivity index (χ3v) is 4.53. The molecule has 11 heteroatoms. The van der Waals surface area contributed by atoms with Crippen LogP contribution in [0.1, 0.15) is 0 Å². The summed E-state index contributed by atoms with van der Waals surface area (Å²) in [5.41, 5.74) is -0.154. The van der Waals surface area contributed by atoms with Crippen LogP contribution >= 0.6 is 11.8 Å². The van der Waals surface area contributed by atoms with Crippen LogP contribution in [0.15, 0.2) is 51.5 Å². The summed E-state index contributed by atoms with van der Waals surface area (Å²) < 4.78 is 12.3. The third-order valence-electron chi connectivity index (χ3n) is 3.56. The lowest BCUT2D eigenvalue weighted by atomic mass is 10.2. The smallest absolute Gasteiger partial charge is 0.348 e. The molecule has 0 unspecified atom stereocenters. The number of nitrogens with one attached hydrogen (secondary N) is 1. The summed E-state index contributed by atoms with van der Waals surface area (Å²) in [5.74, 6) is 1.10. The van der Waals surface area contributed by atoms with Gasteiger partial charge in [-0.3, -0.25) is 10.1 Å². The van der Waals surface area contributed by atoms with E-state index in [2.05, 4.69) is 15.2 Å². The first kappa shape index (κ1) is 16.1. The topological polar surface area (TPSA) is 125 Å². The molecule has 0 atom stereocenters. The van der Waals surface area contributed by atoms with Crippen molar-refractivity contribution in [2.45, 2.75) is 10.2 Å². The van der Waals surface area contributed by atoms with Gasteiger partial charge in [-0.15, -0.1) is 5.10 Å². The van der Waals surface area contributed by atoms with Crippen LogP contribution in [0.2, 0.25) is 0 Å². The molecule has 0 radical (unpaired) electrons. The minimum Gasteiger partial charge on any atom is -0.486 e. The van der Waals surface area contributed by atoms with Gasteiger partial charge < -0.3 is 9.47 Å². The van der Waals surface area contributed by atoms with Crippen LogP contribution in [0.3, 0.4) is 0 Å². The number of aromatic amines is 1. The zero-order valence-electron chi connectivity index (χ0n) is 13.1. The van der Waals surface area contributed by atoms with E-state index >= 15 is 0 Å². The minimum absolute atomic E-state index is 0.135. The highest BCUT2D eigenvalue weighted by molar-refractivity contribution is 7.99. The summed E-state index contributed by atoms with van der Waals surface area (Å²) in [6, 6.07) is 7.85. The molecule has 132 valence electrons. The Kier molecular flexibility index (Phi) is 4.05. The van der Waals surface area contributed by atoms with Crippen LogP contribution in [0, 0.1) is 10.1 Å². The molecule has 3 aromatic rings. The largest absolute Gasteiger partial charge is 0.486 e. The summed E-state index contributed by atoms with van der Waals surface area (Å²) >= 11 is 0.918. The number of hydrogen-bond acceptors (Lipinski definition) is 8. The highest BCUT2D eigenvalue weighted by atomic mass is 32.2. The Morgan fingerprint density at radius 3 is 2.85 bits per heavy atom. The molecule has 4 rings (SSSR count). The second-order valence-electron chi connectivity index (χ2n) is 5.16. The first-order valence-corrected chi connectivity index (χ1v) is 8.30. The van der Waals surface area contributed by atoms with E-state index in [-0.39, 0.29) is 15.9 Å². The van der Waals surface area contributed by atoms with Crippen molar-refractivity contribution >= 4 is 17.4 Å². The fourth-order valence-corrected chi connectivity index (χ4v) is 3.34. The van der Waals surface area contributed by atoms with Crippen LogP contribution in [0.5, 0.6) is 11.5 Å². The maximum atomic E-state index is 12.2. The number of ether oxygens (including phenoxy) is 2. The molecular formula is C15H11N5O5S. The van der Waals surface area contributed by atoms with Crippen molar-refractivity contribution < 1.29 is 14.4 Å². The van der Waals surface area contributed by atoms with Crippen LogP contribution in [-0.4, -0.2) is 37.9 Å². The molecule has 0 spiro atoms. The van der Waals surface area contributed by atoms with E-state index in [1.165, 1.54) is 22.9 Å². The summed E-state index contributed by atoms with van der Waals surface area (Å²) in [6.07, 6.45) is 1.44. The van der Waals surface area contributed by atoms with Crippen LogP contribution < -0.4 is 15.2 Å². The van der Waals surface area contributed by atoms with Gasteiger partial charge in [-0.25, -0.2) is 19.4 Å². The summed E-state index contributed by atoms with van der Waals surface area (Å²) in [7, 11) is 0. The van der Waals surface area contributed by atoms with Crippen LogP contribution in [0.4, 0.5) is 5.69 Å². The fourth-order valence-electron chi connectivity index (χ4n) is 2.44. The van der Waals surface area contributed by atoms with E-state index in [1.807, 2.05) is 0 Å². The van der Waals surface area contributed by atoms with E-state index in [0.29, 0.717) is 30.4 Å². The molecular weight excluding hydrogens is 362 g/mol. The molecule has 1 N–H and O–H groups in total. The lowest BCUT2D eigenvalue weighted by molar-refractivity contribution is -0.388. The predicted molar refractivity (Wildman–Crippen MR) is 90.2 cm³/mol. The Morgan fingerprint density at radius 1 is 1.23 bits per heavy atom. The Hall–Kier alpha value is -3.34. The number of nitro groups is 1. The van der Waals surface area contributed by atoms with Crippen molar-refractivity contribution in [1.82, 2.24) is 19.7 Å². The third kappa shape index (κ3) is 2.88. The van der Waals surface area contributed by atoms with E-state index in [0.717, 1.165) is 11.8 Å². The molecule has 1 aromatic carbocycles.